The lowest BCUT2D eigenvalue weighted by Crippen LogP contribution is -2.48. The predicted molar refractivity (Wildman–Crippen MR) is 81.6 cm³/mol. The Labute approximate surface area is 123 Å². The second-order valence-electron chi connectivity index (χ2n) is 5.02. The van der Waals surface area contributed by atoms with Crippen LogP contribution in [0.15, 0.2) is 22.7 Å². The lowest BCUT2D eigenvalue weighted by Gasteiger charge is -2.39. The molecule has 1 heterocycles. The van der Waals surface area contributed by atoms with E-state index >= 15 is 0 Å². The van der Waals surface area contributed by atoms with Crippen LogP contribution in [-0.4, -0.2) is 57.2 Å². The molecule has 2 rings (SSSR count). The predicted octanol–water partition coefficient (Wildman–Crippen LogP) is 1.92. The average molecular weight is 328 g/mol. The van der Waals surface area contributed by atoms with Crippen LogP contribution in [0.3, 0.4) is 0 Å². The molecule has 1 fully saturated rings. The number of nitrogens with one attached hydrogen (secondary N) is 1. The van der Waals surface area contributed by atoms with Crippen LogP contribution in [0.4, 0.5) is 0 Å². The van der Waals surface area contributed by atoms with Crippen molar-refractivity contribution in [3.05, 3.63) is 28.2 Å². The fourth-order valence-corrected chi connectivity index (χ4v) is 3.16. The Hall–Kier alpha value is -0.620. The van der Waals surface area contributed by atoms with Crippen molar-refractivity contribution in [3.63, 3.8) is 0 Å². The van der Waals surface area contributed by atoms with Gasteiger partial charge in [0.25, 0.3) is 0 Å². The largest absolute Gasteiger partial charge is 0.496 e. The van der Waals surface area contributed by atoms with Gasteiger partial charge in [0.05, 0.1) is 17.7 Å². The maximum absolute atomic E-state index is 5.30. The molecule has 106 valence electrons. The molecule has 0 spiro atoms. The van der Waals surface area contributed by atoms with E-state index in [1.54, 1.807) is 7.11 Å². The fourth-order valence-electron chi connectivity index (χ4n) is 2.61. The highest BCUT2D eigenvalue weighted by Gasteiger charge is 2.24. The SMILES string of the molecule is COc1ccc(C(N(C)C)N2CCNCC2)cc1Br. The molecule has 19 heavy (non-hydrogen) atoms. The Morgan fingerprint density at radius 3 is 2.53 bits per heavy atom. The Balaban J connectivity index is 2.25. The lowest BCUT2D eigenvalue weighted by atomic mass is 10.1. The Morgan fingerprint density at radius 2 is 2.00 bits per heavy atom. The molecule has 1 atom stereocenters. The van der Waals surface area contributed by atoms with Crippen molar-refractivity contribution < 1.29 is 4.74 Å². The number of ether oxygens (including phenoxy) is 1. The number of rotatable bonds is 4. The first-order valence-electron chi connectivity index (χ1n) is 6.58. The van der Waals surface area contributed by atoms with Gasteiger partial charge in [-0.25, -0.2) is 0 Å². The Kier molecular flexibility index (Phi) is 5.21. The molecule has 0 bridgehead atoms. The third-order valence-electron chi connectivity index (χ3n) is 3.46. The highest BCUT2D eigenvalue weighted by molar-refractivity contribution is 9.10. The van der Waals surface area contributed by atoms with Gasteiger partial charge in [-0.05, 0) is 47.7 Å². The molecular weight excluding hydrogens is 306 g/mol. The van der Waals surface area contributed by atoms with Crippen molar-refractivity contribution in [2.75, 3.05) is 47.4 Å². The molecule has 0 saturated carbocycles. The van der Waals surface area contributed by atoms with Crippen LogP contribution in [0, 0.1) is 0 Å². The lowest BCUT2D eigenvalue weighted by molar-refractivity contribution is 0.0672. The van der Waals surface area contributed by atoms with Crippen molar-refractivity contribution in [1.29, 1.82) is 0 Å². The van der Waals surface area contributed by atoms with Gasteiger partial charge >= 0.3 is 0 Å². The summed E-state index contributed by atoms with van der Waals surface area (Å²) >= 11 is 3.57. The average Bonchev–Trinajstić information content (AvgIpc) is 2.40. The minimum atomic E-state index is 0.310. The van der Waals surface area contributed by atoms with Crippen LogP contribution in [0.2, 0.25) is 0 Å². The highest BCUT2D eigenvalue weighted by Crippen LogP contribution is 2.31. The minimum Gasteiger partial charge on any atom is -0.496 e. The fraction of sp³-hybridized carbons (Fsp3) is 0.571. The van der Waals surface area contributed by atoms with Crippen LogP contribution in [0.25, 0.3) is 0 Å². The summed E-state index contributed by atoms with van der Waals surface area (Å²) in [6.07, 6.45) is 0.310. The van der Waals surface area contributed by atoms with Gasteiger partial charge in [0.15, 0.2) is 0 Å². The maximum Gasteiger partial charge on any atom is 0.133 e. The third-order valence-corrected chi connectivity index (χ3v) is 4.08. The number of methoxy groups -OCH3 is 1. The van der Waals surface area contributed by atoms with E-state index in [0.29, 0.717) is 6.17 Å². The van der Waals surface area contributed by atoms with E-state index in [1.807, 2.05) is 6.07 Å². The summed E-state index contributed by atoms with van der Waals surface area (Å²) in [4.78, 5) is 4.77. The van der Waals surface area contributed by atoms with Crippen LogP contribution < -0.4 is 10.1 Å². The standard InChI is InChI=1S/C14H22BrN3O/c1-17(2)14(18-8-6-16-7-9-18)11-4-5-13(19-3)12(15)10-11/h4-5,10,14,16H,6-9H2,1-3H3. The van der Waals surface area contributed by atoms with Crippen LogP contribution in [0.1, 0.15) is 11.7 Å². The van der Waals surface area contributed by atoms with Gasteiger partial charge < -0.3 is 10.1 Å². The smallest absolute Gasteiger partial charge is 0.133 e. The van der Waals surface area contributed by atoms with Crippen LogP contribution in [-0.2, 0) is 0 Å². The molecule has 4 nitrogen and oxygen atoms in total. The Bertz CT molecular complexity index is 419. The molecule has 1 unspecified atom stereocenters. The number of piperazine rings is 1. The molecule has 0 amide bonds. The van der Waals surface area contributed by atoms with Gasteiger partial charge in [0.2, 0.25) is 0 Å². The summed E-state index contributed by atoms with van der Waals surface area (Å²) < 4.78 is 6.31. The zero-order valence-corrected chi connectivity index (χ0v) is 13.4. The molecule has 1 N–H and O–H groups in total. The van der Waals surface area contributed by atoms with Crippen molar-refractivity contribution >= 4 is 15.9 Å². The van der Waals surface area contributed by atoms with Crippen molar-refractivity contribution in [1.82, 2.24) is 15.1 Å². The molecule has 1 saturated heterocycles. The topological polar surface area (TPSA) is 27.7 Å². The van der Waals surface area contributed by atoms with Gasteiger partial charge in [-0.2, -0.15) is 0 Å². The third kappa shape index (κ3) is 3.48. The minimum absolute atomic E-state index is 0.310. The highest BCUT2D eigenvalue weighted by atomic mass is 79.9. The number of nitrogens with zero attached hydrogens (tertiary/aromatic N) is 2. The van der Waals surface area contributed by atoms with E-state index in [1.165, 1.54) is 5.56 Å². The first-order chi connectivity index (χ1) is 9.13. The molecule has 0 aliphatic carbocycles. The van der Waals surface area contributed by atoms with E-state index in [0.717, 1.165) is 36.4 Å². The molecule has 1 aliphatic heterocycles. The van der Waals surface area contributed by atoms with Crippen molar-refractivity contribution in [2.45, 2.75) is 6.17 Å². The summed E-state index contributed by atoms with van der Waals surface area (Å²) in [5.74, 6) is 0.876. The van der Waals surface area contributed by atoms with E-state index < -0.39 is 0 Å². The summed E-state index contributed by atoms with van der Waals surface area (Å²) in [6.45, 7) is 4.27. The molecule has 5 heteroatoms. The molecule has 0 radical (unpaired) electrons. The molecule has 1 aromatic carbocycles. The van der Waals surface area contributed by atoms with Crippen molar-refractivity contribution in [2.24, 2.45) is 0 Å². The van der Waals surface area contributed by atoms with Gasteiger partial charge in [-0.15, -0.1) is 0 Å². The maximum atomic E-state index is 5.30. The normalized spacial score (nSPS) is 18.6. The summed E-state index contributed by atoms with van der Waals surface area (Å²) in [5.41, 5.74) is 1.29. The molecular formula is C14H22BrN3O. The van der Waals surface area contributed by atoms with Crippen LogP contribution >= 0.6 is 15.9 Å². The molecule has 1 aliphatic rings. The second-order valence-corrected chi connectivity index (χ2v) is 5.87. The summed E-state index contributed by atoms with van der Waals surface area (Å²) in [6, 6.07) is 6.33. The summed E-state index contributed by atoms with van der Waals surface area (Å²) in [5, 5.41) is 3.40. The van der Waals surface area contributed by atoms with E-state index in [9.17, 15) is 0 Å². The summed E-state index contributed by atoms with van der Waals surface area (Å²) in [7, 11) is 5.95. The van der Waals surface area contributed by atoms with Gasteiger partial charge in [0.1, 0.15) is 5.75 Å². The monoisotopic (exact) mass is 327 g/mol. The molecule has 0 aromatic heterocycles. The first-order valence-corrected chi connectivity index (χ1v) is 7.37. The quantitative estimate of drug-likeness (QED) is 0.914. The van der Waals surface area contributed by atoms with E-state index in [4.69, 9.17) is 4.74 Å². The van der Waals surface area contributed by atoms with Gasteiger partial charge in [-0.3, -0.25) is 9.80 Å². The Morgan fingerprint density at radius 1 is 1.32 bits per heavy atom. The first kappa shape index (κ1) is 14.8. The zero-order chi connectivity index (χ0) is 13.8. The number of hydrogen-bond donors (Lipinski definition) is 1. The number of halogens is 1. The second kappa shape index (κ2) is 6.70. The number of benzene rings is 1. The van der Waals surface area contributed by atoms with Gasteiger partial charge in [0, 0.05) is 26.2 Å². The van der Waals surface area contributed by atoms with Gasteiger partial charge in [-0.1, -0.05) is 6.07 Å². The van der Waals surface area contributed by atoms with E-state index in [-0.39, 0.29) is 0 Å². The van der Waals surface area contributed by atoms with E-state index in [2.05, 4.69) is 57.3 Å². The van der Waals surface area contributed by atoms with Crippen LogP contribution in [0.5, 0.6) is 5.75 Å². The zero-order valence-electron chi connectivity index (χ0n) is 11.8. The van der Waals surface area contributed by atoms with Crippen molar-refractivity contribution in [3.8, 4) is 5.75 Å². The molecule has 1 aromatic rings. The number of hydrogen-bond acceptors (Lipinski definition) is 4.